The molecule has 0 bridgehead atoms. The quantitative estimate of drug-likeness (QED) is 0.521. The molecule has 0 aromatic heterocycles. The van der Waals surface area contributed by atoms with Crippen molar-refractivity contribution in [2.75, 3.05) is 20.4 Å². The first-order valence-electron chi connectivity index (χ1n) is 4.46. The summed E-state index contributed by atoms with van der Waals surface area (Å²) in [4.78, 5) is 0. The predicted molar refractivity (Wildman–Crippen MR) is 57.1 cm³/mol. The van der Waals surface area contributed by atoms with Crippen LogP contribution in [0.5, 0.6) is 0 Å². The molecule has 1 fully saturated rings. The van der Waals surface area contributed by atoms with Crippen LogP contribution in [0.3, 0.4) is 0 Å². The summed E-state index contributed by atoms with van der Waals surface area (Å²) < 4.78 is 21.7. The van der Waals surface area contributed by atoms with E-state index < -0.39 is 7.17 Å². The number of rotatable bonds is 4. The molecule has 1 rings (SSSR count). The van der Waals surface area contributed by atoms with Gasteiger partial charge >= 0.3 is 0 Å². The minimum absolute atomic E-state index is 0.0919. The maximum absolute atomic E-state index is 11.4. The minimum Gasteiger partial charge on any atom is -0.382 e. The van der Waals surface area contributed by atoms with Crippen molar-refractivity contribution in [2.24, 2.45) is 0 Å². The van der Waals surface area contributed by atoms with Gasteiger partial charge in [0.2, 0.25) is 0 Å². The summed E-state index contributed by atoms with van der Waals surface area (Å²) in [6.07, 6.45) is 0.426. The molecule has 1 N–H and O–H groups in total. The van der Waals surface area contributed by atoms with Gasteiger partial charge in [0, 0.05) is 19.2 Å². The van der Waals surface area contributed by atoms with Crippen LogP contribution >= 0.6 is 7.17 Å². The Morgan fingerprint density at radius 3 is 2.86 bits per heavy atom. The van der Waals surface area contributed by atoms with E-state index in [1.807, 2.05) is 0 Å². The molecule has 4 nitrogen and oxygen atoms in total. The lowest BCUT2D eigenvalue weighted by Gasteiger charge is -2.21. The third kappa shape index (κ3) is 3.77. The van der Waals surface area contributed by atoms with Gasteiger partial charge in [-0.3, -0.25) is 5.09 Å². The van der Waals surface area contributed by atoms with Gasteiger partial charge in [0.1, 0.15) is 7.85 Å². The monoisotopic (exact) mass is 213 g/mol. The fraction of sp³-hybridized carbons (Fsp3) is 1.00. The van der Waals surface area contributed by atoms with Crippen molar-refractivity contribution in [2.45, 2.75) is 24.6 Å². The maximum atomic E-state index is 11.4. The summed E-state index contributed by atoms with van der Waals surface area (Å²) in [6, 6.07) is -0.426. The van der Waals surface area contributed by atoms with E-state index in [1.54, 1.807) is 7.11 Å². The largest absolute Gasteiger partial charge is 0.382 e. The highest BCUT2D eigenvalue weighted by molar-refractivity contribution is 7.85. The van der Waals surface area contributed by atoms with E-state index >= 15 is 0 Å². The molecular weight excluding hydrogens is 199 g/mol. The highest BCUT2D eigenvalue weighted by Crippen LogP contribution is 2.33. The van der Waals surface area contributed by atoms with Crippen molar-refractivity contribution in [3.63, 3.8) is 0 Å². The van der Waals surface area contributed by atoms with Crippen LogP contribution in [0.1, 0.15) is 6.42 Å². The molecule has 0 aromatic rings. The molecular formula is C7H14B2NO3P. The van der Waals surface area contributed by atoms with Crippen LogP contribution in [0.2, 0.25) is 0 Å². The minimum atomic E-state index is -2.74. The molecule has 14 heavy (non-hydrogen) atoms. The van der Waals surface area contributed by atoms with Gasteiger partial charge in [-0.2, -0.15) is 0 Å². The topological polar surface area (TPSA) is 47.6 Å². The molecule has 76 valence electrons. The second kappa shape index (κ2) is 4.84. The van der Waals surface area contributed by atoms with Crippen LogP contribution < -0.4 is 5.09 Å². The number of hydrogen-bond acceptors (Lipinski definition) is 3. The van der Waals surface area contributed by atoms with Crippen molar-refractivity contribution in [1.82, 2.24) is 5.09 Å². The Morgan fingerprint density at radius 2 is 2.36 bits per heavy atom. The molecule has 7 heteroatoms. The Labute approximate surface area is 87.3 Å². The summed E-state index contributed by atoms with van der Waals surface area (Å²) in [5, 5.41) is 2.83. The standard InChI is InChI=1S/C7H14B2NO3P/c1-12-4-6-5(3-7(8)13-6)10-14(2,9)11/h5-7H,3-4H2,1-2H3,(H,10,11)/t5-,6-,7-,14?/m1/s1. The van der Waals surface area contributed by atoms with Crippen LogP contribution in [0.15, 0.2) is 0 Å². The summed E-state index contributed by atoms with van der Waals surface area (Å²) in [5.74, 6) is 0. The first kappa shape index (κ1) is 12.3. The van der Waals surface area contributed by atoms with Gasteiger partial charge < -0.3 is 14.0 Å². The second-order valence-electron chi connectivity index (χ2n) is 3.63. The van der Waals surface area contributed by atoms with Gasteiger partial charge in [-0.1, -0.05) is 0 Å². The molecule has 0 saturated carbocycles. The van der Waals surface area contributed by atoms with Crippen LogP contribution in [-0.2, 0) is 14.0 Å². The Morgan fingerprint density at radius 1 is 1.71 bits per heavy atom. The lowest BCUT2D eigenvalue weighted by atomic mass is 9.95. The molecule has 4 atom stereocenters. The van der Waals surface area contributed by atoms with Gasteiger partial charge in [0.05, 0.1) is 19.9 Å². The number of hydrogen-bond donors (Lipinski definition) is 1. The molecule has 1 aliphatic rings. The molecule has 0 amide bonds. The zero-order valence-corrected chi connectivity index (χ0v) is 9.37. The molecule has 0 spiro atoms. The molecule has 1 saturated heterocycles. The molecule has 0 aliphatic carbocycles. The third-order valence-electron chi connectivity index (χ3n) is 2.04. The summed E-state index contributed by atoms with van der Waals surface area (Å²) in [7, 11) is 9.88. The van der Waals surface area contributed by atoms with Crippen LogP contribution in [-0.4, -0.2) is 53.9 Å². The van der Waals surface area contributed by atoms with Gasteiger partial charge in [0.15, 0.2) is 7.57 Å². The molecule has 1 unspecified atom stereocenters. The van der Waals surface area contributed by atoms with Gasteiger partial charge in [-0.25, -0.2) is 0 Å². The number of ether oxygens (including phenoxy) is 2. The van der Waals surface area contributed by atoms with Crippen molar-refractivity contribution in [3.05, 3.63) is 0 Å². The van der Waals surface area contributed by atoms with E-state index in [2.05, 4.69) is 5.09 Å². The van der Waals surface area contributed by atoms with E-state index in [-0.39, 0.29) is 18.1 Å². The van der Waals surface area contributed by atoms with Crippen molar-refractivity contribution < 1.29 is 14.0 Å². The van der Waals surface area contributed by atoms with Gasteiger partial charge in [0.25, 0.3) is 0 Å². The first-order chi connectivity index (χ1) is 6.42. The first-order valence-corrected chi connectivity index (χ1v) is 6.68. The fourth-order valence-electron chi connectivity index (χ4n) is 1.56. The van der Waals surface area contributed by atoms with E-state index in [0.29, 0.717) is 13.0 Å². The molecule has 1 heterocycles. The van der Waals surface area contributed by atoms with Crippen molar-refractivity contribution in [1.29, 1.82) is 0 Å². The average Bonchev–Trinajstić information content (AvgIpc) is 2.28. The summed E-state index contributed by atoms with van der Waals surface area (Å²) >= 11 is 0. The highest BCUT2D eigenvalue weighted by Gasteiger charge is 2.34. The van der Waals surface area contributed by atoms with Crippen LogP contribution in [0.4, 0.5) is 0 Å². The van der Waals surface area contributed by atoms with E-state index in [1.165, 1.54) is 6.66 Å². The Balaban J connectivity index is 2.53. The molecule has 1 aliphatic heterocycles. The zero-order valence-electron chi connectivity index (χ0n) is 8.47. The van der Waals surface area contributed by atoms with E-state index in [9.17, 15) is 4.57 Å². The SMILES string of the molecule is [B][C@H]1C[C@@H](NP([B])(C)=O)[C@@H](COC)O1. The third-order valence-corrected chi connectivity index (χ3v) is 2.88. The lowest BCUT2D eigenvalue weighted by Crippen LogP contribution is -2.36. The normalized spacial score (nSPS) is 36.9. The van der Waals surface area contributed by atoms with E-state index in [0.717, 1.165) is 0 Å². The Hall–Kier alpha value is 0.240. The Kier molecular flexibility index (Phi) is 4.26. The fourth-order valence-corrected chi connectivity index (χ4v) is 2.49. The lowest BCUT2D eigenvalue weighted by molar-refractivity contribution is 0.0184. The maximum Gasteiger partial charge on any atom is 0.184 e. The molecule has 0 aromatic carbocycles. The highest BCUT2D eigenvalue weighted by atomic mass is 31.2. The smallest absolute Gasteiger partial charge is 0.184 e. The number of nitrogens with one attached hydrogen (secondary N) is 1. The van der Waals surface area contributed by atoms with Crippen LogP contribution in [0, 0.1) is 0 Å². The van der Waals surface area contributed by atoms with Gasteiger partial charge in [-0.15, -0.1) is 0 Å². The second-order valence-corrected chi connectivity index (χ2v) is 5.87. The average molecular weight is 213 g/mol. The predicted octanol–water partition coefficient (Wildman–Crippen LogP) is -0.134. The number of methoxy groups -OCH3 is 1. The summed E-state index contributed by atoms with van der Waals surface area (Å²) in [5.41, 5.74) is 0. The zero-order chi connectivity index (χ0) is 10.8. The van der Waals surface area contributed by atoms with Crippen molar-refractivity contribution >= 4 is 22.6 Å². The van der Waals surface area contributed by atoms with Crippen molar-refractivity contribution in [3.8, 4) is 0 Å². The Bertz CT molecular complexity index is 235. The van der Waals surface area contributed by atoms with Crippen LogP contribution in [0.25, 0.3) is 0 Å². The summed E-state index contributed by atoms with van der Waals surface area (Å²) in [6.45, 7) is 1.89. The van der Waals surface area contributed by atoms with Gasteiger partial charge in [-0.05, 0) is 13.1 Å². The van der Waals surface area contributed by atoms with E-state index in [4.69, 9.17) is 24.9 Å². The molecule has 4 radical (unpaired) electrons.